The lowest BCUT2D eigenvalue weighted by Crippen LogP contribution is -2.54. The second-order valence-electron chi connectivity index (χ2n) is 14.8. The van der Waals surface area contributed by atoms with Crippen LogP contribution in [0, 0.1) is 0 Å². The molecule has 290 valence electrons. The highest BCUT2D eigenvalue weighted by Crippen LogP contribution is 2.34. The van der Waals surface area contributed by atoms with Gasteiger partial charge < -0.3 is 19.4 Å². The van der Waals surface area contributed by atoms with Gasteiger partial charge in [-0.1, -0.05) is 24.3 Å². The van der Waals surface area contributed by atoms with E-state index in [1.807, 2.05) is 18.5 Å². The van der Waals surface area contributed by atoms with Gasteiger partial charge in [0.15, 0.2) is 0 Å². The number of carbonyl (C=O) groups excluding carboxylic acids is 4. The first-order chi connectivity index (χ1) is 27.4. The maximum atomic E-state index is 13.3. The van der Waals surface area contributed by atoms with Crippen molar-refractivity contribution in [2.75, 3.05) is 59.1 Å². The van der Waals surface area contributed by atoms with Crippen molar-refractivity contribution in [3.63, 3.8) is 0 Å². The number of benzene rings is 2. The molecule has 13 nitrogen and oxygen atoms in total. The summed E-state index contributed by atoms with van der Waals surface area (Å²) in [6.07, 6.45) is 10.6. The number of imide groups is 2. The smallest absolute Gasteiger partial charge is 0.266 e. The molecular formula is C43H47N7O6. The van der Waals surface area contributed by atoms with Gasteiger partial charge in [0.25, 0.3) is 11.8 Å². The van der Waals surface area contributed by atoms with Crippen LogP contribution in [0.3, 0.4) is 0 Å². The number of aryl methyl sites for hydroxylation is 1. The molecule has 3 aliphatic rings. The maximum absolute atomic E-state index is 13.3. The first kappa shape index (κ1) is 37.4. The zero-order valence-electron chi connectivity index (χ0n) is 31.5. The van der Waals surface area contributed by atoms with E-state index in [0.29, 0.717) is 12.4 Å². The Bertz CT molecular complexity index is 2230. The predicted octanol–water partition coefficient (Wildman–Crippen LogP) is 5.00. The van der Waals surface area contributed by atoms with Crippen molar-refractivity contribution in [3.05, 3.63) is 90.0 Å². The number of aromatic amines is 1. The van der Waals surface area contributed by atoms with Crippen molar-refractivity contribution in [2.24, 2.45) is 0 Å². The molecule has 2 saturated heterocycles. The van der Waals surface area contributed by atoms with E-state index in [9.17, 15) is 19.2 Å². The number of piperazine rings is 1. The second-order valence-corrected chi connectivity index (χ2v) is 14.8. The molecule has 56 heavy (non-hydrogen) atoms. The van der Waals surface area contributed by atoms with Gasteiger partial charge in [0.2, 0.25) is 11.8 Å². The molecule has 4 amide bonds. The van der Waals surface area contributed by atoms with Crippen LogP contribution in [0.25, 0.3) is 32.9 Å². The highest BCUT2D eigenvalue weighted by atomic mass is 16.5. The third-order valence-electron chi connectivity index (χ3n) is 11.1. The fourth-order valence-corrected chi connectivity index (χ4v) is 7.96. The lowest BCUT2D eigenvalue weighted by atomic mass is 10.0. The third-order valence-corrected chi connectivity index (χ3v) is 11.1. The van der Waals surface area contributed by atoms with E-state index in [1.54, 1.807) is 24.4 Å². The lowest BCUT2D eigenvalue weighted by molar-refractivity contribution is -0.136. The van der Waals surface area contributed by atoms with Crippen molar-refractivity contribution in [3.8, 4) is 16.9 Å². The summed E-state index contributed by atoms with van der Waals surface area (Å²) in [6.45, 7) is 8.02. The minimum Gasteiger partial charge on any atom is -0.493 e. The Morgan fingerprint density at radius 2 is 1.59 bits per heavy atom. The van der Waals surface area contributed by atoms with E-state index in [-0.39, 0.29) is 24.0 Å². The molecule has 1 atom stereocenters. The lowest BCUT2D eigenvalue weighted by Gasteiger charge is -2.34. The van der Waals surface area contributed by atoms with Crippen LogP contribution in [0.2, 0.25) is 0 Å². The summed E-state index contributed by atoms with van der Waals surface area (Å²) < 4.78 is 12.0. The molecule has 13 heteroatoms. The average Bonchev–Trinajstić information content (AvgIpc) is 3.71. The Balaban J connectivity index is 0.675. The molecule has 8 rings (SSSR count). The Morgan fingerprint density at radius 1 is 0.750 bits per heavy atom. The van der Waals surface area contributed by atoms with Crippen molar-refractivity contribution >= 4 is 45.4 Å². The fourth-order valence-electron chi connectivity index (χ4n) is 7.96. The normalized spacial score (nSPS) is 17.9. The monoisotopic (exact) mass is 757 g/mol. The van der Waals surface area contributed by atoms with Crippen LogP contribution >= 0.6 is 0 Å². The quantitative estimate of drug-likeness (QED) is 0.104. The van der Waals surface area contributed by atoms with Gasteiger partial charge in [-0.3, -0.25) is 44.3 Å². The van der Waals surface area contributed by atoms with E-state index in [4.69, 9.17) is 14.5 Å². The van der Waals surface area contributed by atoms with Crippen molar-refractivity contribution in [1.82, 2.24) is 35.0 Å². The van der Waals surface area contributed by atoms with Crippen molar-refractivity contribution in [1.29, 1.82) is 0 Å². The molecular weight excluding hydrogens is 711 g/mol. The van der Waals surface area contributed by atoms with Crippen LogP contribution in [0.4, 0.5) is 0 Å². The molecule has 0 aliphatic carbocycles. The molecule has 0 bridgehead atoms. The molecule has 5 aromatic rings. The first-order valence-corrected chi connectivity index (χ1v) is 19.7. The number of hydrogen-bond donors (Lipinski definition) is 2. The van der Waals surface area contributed by atoms with E-state index in [0.717, 1.165) is 123 Å². The molecule has 0 radical (unpaired) electrons. The van der Waals surface area contributed by atoms with E-state index in [1.165, 1.54) is 5.39 Å². The van der Waals surface area contributed by atoms with E-state index < -0.39 is 29.7 Å². The summed E-state index contributed by atoms with van der Waals surface area (Å²) in [4.78, 5) is 68.7. The van der Waals surface area contributed by atoms with Gasteiger partial charge in [0, 0.05) is 97.4 Å². The van der Waals surface area contributed by atoms with Crippen LogP contribution in [-0.4, -0.2) is 118 Å². The standard InChI is InChI=1S/C43H47N7O6/c51-39-14-13-37(41(52)47-39)50-42(53)33-7-4-8-38(40(33)43(50)54)56-24-3-1-2-17-48-18-20-49(21-19-48)22-25-55-23-5-6-31-11-9-30(27-45-31)29-10-12-32-34-28-44-16-15-35(34)46-36(32)26-29/h4,7-12,15-16,26-28,37,46H,1-3,5-6,13-14,17-25H2,(H,47,51,52). The van der Waals surface area contributed by atoms with Crippen LogP contribution < -0.4 is 10.1 Å². The Hall–Kier alpha value is -5.50. The number of carbonyl (C=O) groups is 4. The highest BCUT2D eigenvalue weighted by Gasteiger charge is 2.46. The van der Waals surface area contributed by atoms with Gasteiger partial charge in [-0.2, -0.15) is 0 Å². The summed E-state index contributed by atoms with van der Waals surface area (Å²) in [5.74, 6) is -1.74. The topological polar surface area (TPSA) is 150 Å². The number of nitrogens with one attached hydrogen (secondary N) is 2. The summed E-state index contributed by atoms with van der Waals surface area (Å²) in [5, 5.41) is 4.54. The third kappa shape index (κ3) is 8.20. The van der Waals surface area contributed by atoms with Gasteiger partial charge in [0.1, 0.15) is 11.8 Å². The first-order valence-electron chi connectivity index (χ1n) is 19.7. The molecule has 2 N–H and O–H groups in total. The van der Waals surface area contributed by atoms with Crippen LogP contribution in [-0.2, 0) is 20.7 Å². The number of amides is 4. The average molecular weight is 758 g/mol. The van der Waals surface area contributed by atoms with Crippen LogP contribution in [0.5, 0.6) is 5.75 Å². The molecule has 3 aromatic heterocycles. The Morgan fingerprint density at radius 3 is 2.41 bits per heavy atom. The van der Waals surface area contributed by atoms with Gasteiger partial charge in [0.05, 0.1) is 24.3 Å². The largest absolute Gasteiger partial charge is 0.493 e. The summed E-state index contributed by atoms with van der Waals surface area (Å²) in [5.41, 5.74) is 5.93. The van der Waals surface area contributed by atoms with Crippen molar-refractivity contribution < 1.29 is 28.7 Å². The van der Waals surface area contributed by atoms with Crippen LogP contribution in [0.15, 0.2) is 73.2 Å². The molecule has 2 aromatic carbocycles. The van der Waals surface area contributed by atoms with Crippen LogP contribution in [0.1, 0.15) is 64.9 Å². The molecule has 2 fully saturated rings. The number of rotatable bonds is 16. The van der Waals surface area contributed by atoms with Gasteiger partial charge in [-0.25, -0.2) is 0 Å². The zero-order valence-corrected chi connectivity index (χ0v) is 31.5. The van der Waals surface area contributed by atoms with E-state index >= 15 is 0 Å². The molecule has 6 heterocycles. The van der Waals surface area contributed by atoms with E-state index in [2.05, 4.69) is 55.4 Å². The number of pyridine rings is 2. The Labute approximate surface area is 325 Å². The summed E-state index contributed by atoms with van der Waals surface area (Å²) in [6, 6.07) is 16.7. The summed E-state index contributed by atoms with van der Waals surface area (Å²) in [7, 11) is 0. The van der Waals surface area contributed by atoms with Gasteiger partial charge in [-0.15, -0.1) is 0 Å². The minimum atomic E-state index is -0.994. The minimum absolute atomic E-state index is 0.0835. The predicted molar refractivity (Wildman–Crippen MR) is 211 cm³/mol. The number of aromatic nitrogens is 3. The molecule has 3 aliphatic heterocycles. The zero-order chi connectivity index (χ0) is 38.4. The second kappa shape index (κ2) is 17.1. The van der Waals surface area contributed by atoms with Gasteiger partial charge >= 0.3 is 0 Å². The molecule has 0 saturated carbocycles. The number of ether oxygens (including phenoxy) is 2. The number of piperidine rings is 1. The number of H-pyrrole nitrogens is 1. The fraction of sp³-hybridized carbons (Fsp3) is 0.395. The SMILES string of the molecule is O=C1CCC(N2C(=O)c3cccc(OCCCCCN4CCN(CCOCCCc5ccc(-c6ccc7c(c6)[nH]c6ccncc67)cn5)CC4)c3C2=O)C(=O)N1. The van der Waals surface area contributed by atoms with Gasteiger partial charge in [-0.05, 0) is 81.0 Å². The maximum Gasteiger partial charge on any atom is 0.266 e. The Kier molecular flexibility index (Phi) is 11.4. The number of fused-ring (bicyclic) bond motifs is 4. The number of unbranched alkanes of at least 4 members (excludes halogenated alkanes) is 2. The number of hydrogen-bond acceptors (Lipinski definition) is 10. The summed E-state index contributed by atoms with van der Waals surface area (Å²) >= 11 is 0. The van der Waals surface area contributed by atoms with Crippen molar-refractivity contribution in [2.45, 2.75) is 51.0 Å². The molecule has 0 spiro atoms. The molecule has 1 unspecified atom stereocenters. The number of nitrogens with zero attached hydrogens (tertiary/aromatic N) is 5. The highest BCUT2D eigenvalue weighted by molar-refractivity contribution is 6.24.